The predicted molar refractivity (Wildman–Crippen MR) is 101 cm³/mol. The highest BCUT2D eigenvalue weighted by Crippen LogP contribution is 2.22. The quantitative estimate of drug-likeness (QED) is 0.567. The number of hydrogen-bond donors (Lipinski definition) is 1. The molecule has 0 radical (unpaired) electrons. The van der Waals surface area contributed by atoms with Crippen molar-refractivity contribution in [1.29, 1.82) is 0 Å². The number of hydrazone groups is 1. The highest BCUT2D eigenvalue weighted by molar-refractivity contribution is 5.99. The van der Waals surface area contributed by atoms with Crippen LogP contribution >= 0.6 is 0 Å². The topological polar surface area (TPSA) is 50.7 Å². The van der Waals surface area contributed by atoms with Crippen molar-refractivity contribution in [1.82, 2.24) is 5.43 Å². The van der Waals surface area contributed by atoms with Crippen LogP contribution in [0, 0.1) is 13.8 Å². The summed E-state index contributed by atoms with van der Waals surface area (Å²) in [5.41, 5.74) is 5.48. The highest BCUT2D eigenvalue weighted by Gasteiger charge is 2.06. The summed E-state index contributed by atoms with van der Waals surface area (Å²) < 4.78 is 5.62. The lowest BCUT2D eigenvalue weighted by atomic mass is 10.1. The van der Waals surface area contributed by atoms with E-state index in [9.17, 15) is 4.79 Å². The number of ether oxygens (including phenoxy) is 1. The van der Waals surface area contributed by atoms with E-state index in [0.29, 0.717) is 0 Å². The minimum atomic E-state index is -0.292. The van der Waals surface area contributed by atoms with Crippen LogP contribution in [0.1, 0.15) is 16.7 Å². The van der Waals surface area contributed by atoms with Crippen LogP contribution in [0.25, 0.3) is 10.8 Å². The van der Waals surface area contributed by atoms with Crippen LogP contribution in [0.4, 0.5) is 0 Å². The average molecular weight is 332 g/mol. The zero-order valence-corrected chi connectivity index (χ0v) is 14.3. The molecule has 0 aliphatic heterocycles. The van der Waals surface area contributed by atoms with Crippen LogP contribution in [0.15, 0.2) is 65.8 Å². The summed E-state index contributed by atoms with van der Waals surface area (Å²) in [7, 11) is 0. The van der Waals surface area contributed by atoms with Gasteiger partial charge in [0.2, 0.25) is 0 Å². The van der Waals surface area contributed by atoms with Gasteiger partial charge < -0.3 is 4.74 Å². The summed E-state index contributed by atoms with van der Waals surface area (Å²) in [6, 6.07) is 19.9. The first-order valence-electron chi connectivity index (χ1n) is 8.14. The summed E-state index contributed by atoms with van der Waals surface area (Å²) >= 11 is 0. The highest BCUT2D eigenvalue weighted by atomic mass is 16.5. The second-order valence-corrected chi connectivity index (χ2v) is 5.87. The predicted octanol–water partition coefficient (Wildman–Crippen LogP) is 3.99. The normalized spacial score (nSPS) is 11.0. The Bertz CT molecular complexity index is 907. The largest absolute Gasteiger partial charge is 0.483 e. The third-order valence-electron chi connectivity index (χ3n) is 3.97. The molecule has 0 saturated heterocycles. The Morgan fingerprint density at radius 2 is 1.68 bits per heavy atom. The van der Waals surface area contributed by atoms with Gasteiger partial charge in [-0.3, -0.25) is 4.79 Å². The van der Waals surface area contributed by atoms with Gasteiger partial charge in [0.1, 0.15) is 5.75 Å². The molecule has 4 nitrogen and oxygen atoms in total. The molecule has 4 heteroatoms. The summed E-state index contributed by atoms with van der Waals surface area (Å²) in [5.74, 6) is 0.454. The molecule has 3 aromatic rings. The molecule has 0 unspecified atom stereocenters. The number of nitrogens with zero attached hydrogens (tertiary/aromatic N) is 1. The molecule has 1 amide bonds. The van der Waals surface area contributed by atoms with Crippen molar-refractivity contribution < 1.29 is 9.53 Å². The summed E-state index contributed by atoms with van der Waals surface area (Å²) in [4.78, 5) is 11.9. The van der Waals surface area contributed by atoms with Crippen LogP contribution in [-0.4, -0.2) is 18.7 Å². The van der Waals surface area contributed by atoms with Gasteiger partial charge in [0.05, 0.1) is 6.21 Å². The van der Waals surface area contributed by atoms with E-state index >= 15 is 0 Å². The van der Waals surface area contributed by atoms with Gasteiger partial charge in [-0.25, -0.2) is 5.43 Å². The molecule has 0 aliphatic carbocycles. The third-order valence-corrected chi connectivity index (χ3v) is 3.97. The van der Waals surface area contributed by atoms with Crippen LogP contribution < -0.4 is 10.2 Å². The lowest BCUT2D eigenvalue weighted by Crippen LogP contribution is -2.25. The second-order valence-electron chi connectivity index (χ2n) is 5.87. The molecule has 3 rings (SSSR count). The molecule has 1 N–H and O–H groups in total. The van der Waals surface area contributed by atoms with E-state index in [4.69, 9.17) is 4.74 Å². The number of para-hydroxylation sites is 1. The Morgan fingerprint density at radius 3 is 2.48 bits per heavy atom. The molecule has 0 fully saturated rings. The first kappa shape index (κ1) is 16.7. The number of carbonyl (C=O) groups excluding carboxylic acids is 1. The standard InChI is InChI=1S/C21H20N2O2/c1-15-7-5-8-16(2)21(15)25-14-20(24)23-22-13-18-11-6-10-17-9-3-4-12-19(17)18/h3-13H,14H2,1-2H3,(H,23,24). The van der Waals surface area contributed by atoms with Gasteiger partial charge in [-0.05, 0) is 35.7 Å². The maximum absolute atomic E-state index is 11.9. The van der Waals surface area contributed by atoms with Crippen LogP contribution in [-0.2, 0) is 4.79 Å². The number of nitrogens with one attached hydrogen (secondary N) is 1. The number of benzene rings is 3. The van der Waals surface area contributed by atoms with E-state index in [-0.39, 0.29) is 12.5 Å². The minimum Gasteiger partial charge on any atom is -0.483 e. The second kappa shape index (κ2) is 7.62. The third kappa shape index (κ3) is 4.04. The SMILES string of the molecule is Cc1cccc(C)c1OCC(=O)NN=Cc1cccc2ccccc12. The van der Waals surface area contributed by atoms with Crippen LogP contribution in [0.3, 0.4) is 0 Å². The number of carbonyl (C=O) groups is 1. The number of hydrogen-bond acceptors (Lipinski definition) is 3. The maximum atomic E-state index is 11.9. The molecule has 0 aliphatic rings. The fourth-order valence-corrected chi connectivity index (χ4v) is 2.73. The lowest BCUT2D eigenvalue weighted by Gasteiger charge is -2.10. The van der Waals surface area contributed by atoms with E-state index in [2.05, 4.69) is 10.5 Å². The minimum absolute atomic E-state index is 0.0709. The molecule has 0 atom stereocenters. The zero-order chi connectivity index (χ0) is 17.6. The Labute approximate surface area is 147 Å². The molecular formula is C21H20N2O2. The van der Waals surface area contributed by atoms with Crippen molar-refractivity contribution in [3.8, 4) is 5.75 Å². The average Bonchev–Trinajstić information content (AvgIpc) is 2.61. The Hall–Kier alpha value is -3.14. The van der Waals surface area contributed by atoms with Gasteiger partial charge in [-0.1, -0.05) is 60.7 Å². The maximum Gasteiger partial charge on any atom is 0.277 e. The van der Waals surface area contributed by atoms with Gasteiger partial charge in [0.15, 0.2) is 6.61 Å². The first-order chi connectivity index (χ1) is 12.1. The van der Waals surface area contributed by atoms with Crippen molar-refractivity contribution in [2.45, 2.75) is 13.8 Å². The van der Waals surface area contributed by atoms with Gasteiger partial charge in [-0.15, -0.1) is 0 Å². The fourth-order valence-electron chi connectivity index (χ4n) is 2.73. The van der Waals surface area contributed by atoms with Gasteiger partial charge in [0, 0.05) is 5.56 Å². The van der Waals surface area contributed by atoms with E-state index in [1.165, 1.54) is 0 Å². The number of amides is 1. The van der Waals surface area contributed by atoms with Crippen LogP contribution in [0.2, 0.25) is 0 Å². The van der Waals surface area contributed by atoms with Crippen molar-refractivity contribution in [2.75, 3.05) is 6.61 Å². The Kier molecular flexibility index (Phi) is 5.09. The van der Waals surface area contributed by atoms with Gasteiger partial charge >= 0.3 is 0 Å². The van der Waals surface area contributed by atoms with Gasteiger partial charge in [0.25, 0.3) is 5.91 Å². The van der Waals surface area contributed by atoms with Crippen molar-refractivity contribution in [3.63, 3.8) is 0 Å². The van der Waals surface area contributed by atoms with E-state index < -0.39 is 0 Å². The van der Waals surface area contributed by atoms with E-state index in [1.54, 1.807) is 6.21 Å². The van der Waals surface area contributed by atoms with Crippen LogP contribution in [0.5, 0.6) is 5.75 Å². The molecule has 25 heavy (non-hydrogen) atoms. The lowest BCUT2D eigenvalue weighted by molar-refractivity contribution is -0.123. The van der Waals surface area contributed by atoms with E-state index in [1.807, 2.05) is 74.5 Å². The number of aryl methyl sites for hydroxylation is 2. The molecular weight excluding hydrogens is 312 g/mol. The smallest absolute Gasteiger partial charge is 0.277 e. The monoisotopic (exact) mass is 332 g/mol. The summed E-state index contributed by atoms with van der Waals surface area (Å²) in [6.07, 6.45) is 1.65. The number of rotatable bonds is 5. The van der Waals surface area contributed by atoms with E-state index in [0.717, 1.165) is 33.2 Å². The molecule has 0 spiro atoms. The molecule has 0 bridgehead atoms. The summed E-state index contributed by atoms with van der Waals surface area (Å²) in [5, 5.41) is 6.27. The van der Waals surface area contributed by atoms with Crippen molar-refractivity contribution >= 4 is 22.9 Å². The molecule has 0 aromatic heterocycles. The van der Waals surface area contributed by atoms with Crippen molar-refractivity contribution in [2.24, 2.45) is 5.10 Å². The summed E-state index contributed by atoms with van der Waals surface area (Å²) in [6.45, 7) is 3.84. The van der Waals surface area contributed by atoms with Gasteiger partial charge in [-0.2, -0.15) is 5.10 Å². The molecule has 0 saturated carbocycles. The molecule has 3 aromatic carbocycles. The Balaban J connectivity index is 1.61. The molecule has 126 valence electrons. The first-order valence-corrected chi connectivity index (χ1v) is 8.14. The zero-order valence-electron chi connectivity index (χ0n) is 14.3. The Morgan fingerprint density at radius 1 is 1.00 bits per heavy atom. The molecule has 0 heterocycles. The number of fused-ring (bicyclic) bond motifs is 1. The van der Waals surface area contributed by atoms with Crippen molar-refractivity contribution in [3.05, 3.63) is 77.4 Å². The fraction of sp³-hybridized carbons (Fsp3) is 0.143.